The fourth-order valence-electron chi connectivity index (χ4n) is 1.87. The summed E-state index contributed by atoms with van der Waals surface area (Å²) in [6, 6.07) is 3.97. The van der Waals surface area contributed by atoms with Crippen LogP contribution in [0.5, 0.6) is 0 Å². The summed E-state index contributed by atoms with van der Waals surface area (Å²) >= 11 is 7.15. The third-order valence-electron chi connectivity index (χ3n) is 2.99. The molecule has 2 heterocycles. The second kappa shape index (κ2) is 4.02. The first-order valence-electron chi connectivity index (χ1n) is 5.61. The highest BCUT2D eigenvalue weighted by atomic mass is 35.5. The number of carbonyl (C=O) groups excluding carboxylic acids is 1. The topological polar surface area (TPSA) is 46.4 Å². The number of nitrogens with one attached hydrogen (secondary N) is 1. The average Bonchev–Trinajstić information content (AvgIpc) is 3.07. The van der Waals surface area contributed by atoms with Crippen LogP contribution in [-0.4, -0.2) is 31.8 Å². The molecule has 2 aromatic heterocycles. The van der Waals surface area contributed by atoms with Crippen LogP contribution in [0.15, 0.2) is 18.3 Å². The summed E-state index contributed by atoms with van der Waals surface area (Å²) in [5.74, 6) is 0.670. The van der Waals surface area contributed by atoms with Crippen LogP contribution in [0.25, 0.3) is 5.52 Å². The quantitative estimate of drug-likeness (QED) is 0.807. The van der Waals surface area contributed by atoms with E-state index in [1.165, 1.54) is 4.43 Å². The summed E-state index contributed by atoms with van der Waals surface area (Å²) in [7, 11) is 0. The van der Waals surface area contributed by atoms with Gasteiger partial charge in [0.15, 0.2) is 5.82 Å². The Labute approximate surface area is 111 Å². The van der Waals surface area contributed by atoms with E-state index >= 15 is 0 Å². The third-order valence-corrected chi connectivity index (χ3v) is 4.15. The predicted octanol–water partition coefficient (Wildman–Crippen LogP) is 0.595. The van der Waals surface area contributed by atoms with E-state index in [-0.39, 0.29) is 11.8 Å². The number of hydrogen-bond acceptors (Lipinski definition) is 2. The number of aromatic nitrogens is 2. The molecule has 1 aliphatic carbocycles. The van der Waals surface area contributed by atoms with E-state index in [0.717, 1.165) is 34.6 Å². The Morgan fingerprint density at radius 2 is 2.35 bits per heavy atom. The lowest BCUT2D eigenvalue weighted by Gasteiger charge is -1.99. The number of hydrogen-bond donors (Lipinski definition) is 1. The summed E-state index contributed by atoms with van der Waals surface area (Å²) in [5.41, 5.74) is 0.909. The van der Waals surface area contributed by atoms with E-state index in [9.17, 15) is 4.79 Å². The monoisotopic (exact) mass is 263 g/mol. The molecule has 1 N–H and O–H groups in total. The molecule has 6 heteroatoms. The Morgan fingerprint density at radius 1 is 1.59 bits per heavy atom. The third kappa shape index (κ3) is 1.95. The number of anilines is 1. The number of halogens is 1. The molecule has 3 rings (SSSR count). The second-order valence-corrected chi connectivity index (χ2v) is 5.87. The van der Waals surface area contributed by atoms with Crippen molar-refractivity contribution in [1.82, 2.24) is 9.61 Å². The van der Waals surface area contributed by atoms with Crippen molar-refractivity contribution in [2.75, 3.05) is 5.32 Å². The number of amides is 1. The van der Waals surface area contributed by atoms with Crippen LogP contribution in [0.3, 0.4) is 0 Å². The van der Waals surface area contributed by atoms with E-state index in [0.29, 0.717) is 10.8 Å². The molecule has 1 saturated carbocycles. The van der Waals surface area contributed by atoms with Gasteiger partial charge in [-0.3, -0.25) is 4.79 Å². The fraction of sp³-hybridized carbons (Fsp3) is 0.273. The van der Waals surface area contributed by atoms with Crippen molar-refractivity contribution in [2.24, 2.45) is 5.92 Å². The van der Waals surface area contributed by atoms with Crippen LogP contribution in [0.1, 0.15) is 12.8 Å². The molecule has 0 aromatic carbocycles. The number of nitrogens with zero attached hydrogens (tertiary/aromatic N) is 2. The number of carbonyl (C=O) groups is 1. The van der Waals surface area contributed by atoms with Gasteiger partial charge in [0.05, 0.1) is 5.52 Å². The minimum Gasteiger partial charge on any atom is -0.308 e. The van der Waals surface area contributed by atoms with Gasteiger partial charge in [0, 0.05) is 12.1 Å². The highest BCUT2D eigenvalue weighted by Gasteiger charge is 2.30. The largest absolute Gasteiger partial charge is 0.308 e. The summed E-state index contributed by atoms with van der Waals surface area (Å²) < 4.78 is 2.91. The van der Waals surface area contributed by atoms with Crippen molar-refractivity contribution in [2.45, 2.75) is 12.8 Å². The lowest BCUT2D eigenvalue weighted by Crippen LogP contribution is -2.13. The number of rotatable bonds is 2. The van der Waals surface area contributed by atoms with Gasteiger partial charge < -0.3 is 5.32 Å². The minimum atomic E-state index is 0.0326. The van der Waals surface area contributed by atoms with Gasteiger partial charge in [-0.15, -0.1) is 5.10 Å². The Morgan fingerprint density at radius 3 is 3.00 bits per heavy atom. The molecule has 2 aromatic rings. The van der Waals surface area contributed by atoms with Gasteiger partial charge >= 0.3 is 0 Å². The number of pyridine rings is 1. The van der Waals surface area contributed by atoms with Gasteiger partial charge in [0.1, 0.15) is 5.02 Å². The zero-order valence-electron chi connectivity index (χ0n) is 9.40. The summed E-state index contributed by atoms with van der Waals surface area (Å²) in [6.45, 7) is 0. The van der Waals surface area contributed by atoms with Crippen LogP contribution in [0.2, 0.25) is 5.02 Å². The first-order chi connectivity index (χ1) is 8.16. The first-order valence-corrected chi connectivity index (χ1v) is 6.99. The molecule has 0 unspecified atom stereocenters. The molecular weight excluding hydrogens is 253 g/mol. The van der Waals surface area contributed by atoms with Gasteiger partial charge in [0.2, 0.25) is 5.91 Å². The maximum atomic E-state index is 11.7. The van der Waals surface area contributed by atoms with Crippen LogP contribution in [-0.2, 0) is 4.79 Å². The van der Waals surface area contributed by atoms with Crippen molar-refractivity contribution >= 4 is 49.6 Å². The van der Waals surface area contributed by atoms with E-state index in [1.54, 1.807) is 4.52 Å². The smallest absolute Gasteiger partial charge is 0.262 e. The predicted molar refractivity (Wildman–Crippen MR) is 69.7 cm³/mol. The SMILES string of the molecule is O=C(Nc1nn2ccc[c]([AlH2])c2c1Cl)C1CC1. The Hall–Kier alpha value is -1.02. The molecule has 17 heavy (non-hydrogen) atoms. The van der Waals surface area contributed by atoms with Gasteiger partial charge in [-0.05, 0) is 18.9 Å². The zero-order valence-corrected chi connectivity index (χ0v) is 12.2. The summed E-state index contributed by atoms with van der Waals surface area (Å²) in [4.78, 5) is 11.7. The molecular formula is C11H11AlClN3O. The standard InChI is InChI=1S/C11H9ClN3O.Al.2H/c12-9-8-3-1-2-6-15(8)14-10(9)13-11(16)7-4-5-7;;;/h1-2,6-7H,4-5H2,(H,13,14,16);;;. The van der Waals surface area contributed by atoms with Crippen LogP contribution in [0, 0.1) is 5.92 Å². The van der Waals surface area contributed by atoms with Crippen molar-refractivity contribution in [3.8, 4) is 0 Å². The van der Waals surface area contributed by atoms with Crippen molar-refractivity contribution in [3.63, 3.8) is 0 Å². The molecule has 1 aliphatic rings. The van der Waals surface area contributed by atoms with Crippen molar-refractivity contribution in [3.05, 3.63) is 23.4 Å². The minimum absolute atomic E-state index is 0.0326. The Bertz CT molecular complexity index is 606. The van der Waals surface area contributed by atoms with Gasteiger partial charge in [-0.2, -0.15) is 0 Å². The van der Waals surface area contributed by atoms with Crippen molar-refractivity contribution in [1.29, 1.82) is 0 Å². The normalized spacial score (nSPS) is 15.1. The van der Waals surface area contributed by atoms with Crippen molar-refractivity contribution < 1.29 is 4.79 Å². The molecule has 0 aliphatic heterocycles. The zero-order chi connectivity index (χ0) is 12.0. The lowest BCUT2D eigenvalue weighted by molar-refractivity contribution is -0.117. The molecule has 0 saturated heterocycles. The molecule has 86 valence electrons. The van der Waals surface area contributed by atoms with E-state index in [4.69, 9.17) is 11.6 Å². The maximum Gasteiger partial charge on any atom is 0.262 e. The van der Waals surface area contributed by atoms with Crippen LogP contribution >= 0.6 is 11.6 Å². The molecule has 4 nitrogen and oxygen atoms in total. The molecule has 0 spiro atoms. The van der Waals surface area contributed by atoms with Crippen LogP contribution in [0.4, 0.5) is 5.82 Å². The van der Waals surface area contributed by atoms with Gasteiger partial charge in [0.25, 0.3) is 16.3 Å². The Kier molecular flexibility index (Phi) is 2.63. The van der Waals surface area contributed by atoms with Gasteiger partial charge in [-0.25, -0.2) is 4.52 Å². The number of fused-ring (bicyclic) bond motifs is 1. The average molecular weight is 264 g/mol. The second-order valence-electron chi connectivity index (χ2n) is 4.41. The molecule has 0 atom stereocenters. The molecule has 1 amide bonds. The summed E-state index contributed by atoms with van der Waals surface area (Å²) in [5, 5.41) is 7.65. The Balaban J connectivity index is 2.02. The highest BCUT2D eigenvalue weighted by Crippen LogP contribution is 2.32. The molecule has 1 fully saturated rings. The van der Waals surface area contributed by atoms with E-state index in [2.05, 4.69) is 10.4 Å². The van der Waals surface area contributed by atoms with Gasteiger partial charge in [-0.1, -0.05) is 22.1 Å². The molecule has 0 radical (unpaired) electrons. The van der Waals surface area contributed by atoms with E-state index in [1.807, 2.05) is 18.3 Å². The van der Waals surface area contributed by atoms with E-state index < -0.39 is 0 Å². The van der Waals surface area contributed by atoms with Crippen LogP contribution < -0.4 is 9.74 Å². The first kappa shape index (κ1) is 11.1. The fourth-order valence-corrected chi connectivity index (χ4v) is 3.02. The maximum absolute atomic E-state index is 11.7. The highest BCUT2D eigenvalue weighted by molar-refractivity contribution is 6.43. The lowest BCUT2D eigenvalue weighted by atomic mass is 10.3. The molecule has 0 bridgehead atoms. The summed E-state index contributed by atoms with van der Waals surface area (Å²) in [6.07, 6.45) is 3.79.